The van der Waals surface area contributed by atoms with Crippen LogP contribution in [0.15, 0.2) is 36.4 Å². The molecule has 0 bridgehead atoms. The van der Waals surface area contributed by atoms with Crippen LogP contribution in [0.25, 0.3) is 0 Å². The van der Waals surface area contributed by atoms with Crippen LogP contribution in [0.1, 0.15) is 22.3 Å². The SMILES string of the molecule is Cc1cc(C)cc(OCCN(C)CC(=O)Nc2ccc(C)cc2C)c1. The van der Waals surface area contributed by atoms with Gasteiger partial charge in [-0.25, -0.2) is 0 Å². The lowest BCUT2D eigenvalue weighted by Gasteiger charge is -2.17. The van der Waals surface area contributed by atoms with Crippen LogP contribution in [-0.2, 0) is 4.79 Å². The molecule has 4 nitrogen and oxygen atoms in total. The van der Waals surface area contributed by atoms with Crippen LogP contribution in [0, 0.1) is 27.7 Å². The summed E-state index contributed by atoms with van der Waals surface area (Å²) in [5.41, 5.74) is 5.52. The van der Waals surface area contributed by atoms with E-state index in [-0.39, 0.29) is 5.91 Å². The summed E-state index contributed by atoms with van der Waals surface area (Å²) < 4.78 is 5.80. The zero-order chi connectivity index (χ0) is 18.4. The number of carbonyl (C=O) groups is 1. The van der Waals surface area contributed by atoms with Gasteiger partial charge in [0.25, 0.3) is 0 Å². The van der Waals surface area contributed by atoms with E-state index in [0.29, 0.717) is 19.7 Å². The second kappa shape index (κ2) is 8.67. The number of amides is 1. The maximum Gasteiger partial charge on any atom is 0.238 e. The molecule has 0 saturated carbocycles. The number of ether oxygens (including phenoxy) is 1. The van der Waals surface area contributed by atoms with Crippen molar-refractivity contribution in [1.29, 1.82) is 0 Å². The molecule has 4 heteroatoms. The molecule has 0 atom stereocenters. The lowest BCUT2D eigenvalue weighted by atomic mass is 10.1. The summed E-state index contributed by atoms with van der Waals surface area (Å²) in [4.78, 5) is 14.1. The lowest BCUT2D eigenvalue weighted by Crippen LogP contribution is -2.33. The largest absolute Gasteiger partial charge is 0.492 e. The summed E-state index contributed by atoms with van der Waals surface area (Å²) in [6.07, 6.45) is 0. The molecule has 0 aliphatic carbocycles. The quantitative estimate of drug-likeness (QED) is 0.832. The number of hydrogen-bond donors (Lipinski definition) is 1. The maximum atomic E-state index is 12.2. The molecule has 0 aliphatic rings. The van der Waals surface area contributed by atoms with E-state index in [4.69, 9.17) is 4.74 Å². The van der Waals surface area contributed by atoms with Crippen molar-refractivity contribution in [1.82, 2.24) is 4.90 Å². The van der Waals surface area contributed by atoms with Crippen molar-refractivity contribution in [2.24, 2.45) is 0 Å². The van der Waals surface area contributed by atoms with E-state index in [0.717, 1.165) is 17.0 Å². The Balaban J connectivity index is 1.77. The number of carbonyl (C=O) groups excluding carboxylic acids is 1. The molecule has 1 N–H and O–H groups in total. The fourth-order valence-electron chi connectivity index (χ4n) is 2.80. The normalized spacial score (nSPS) is 10.8. The highest BCUT2D eigenvalue weighted by Gasteiger charge is 2.09. The summed E-state index contributed by atoms with van der Waals surface area (Å²) in [6, 6.07) is 12.2. The minimum absolute atomic E-state index is 0.0131. The van der Waals surface area contributed by atoms with Crippen molar-refractivity contribution in [3.8, 4) is 5.75 Å². The number of nitrogens with zero attached hydrogens (tertiary/aromatic N) is 1. The van der Waals surface area contributed by atoms with Gasteiger partial charge in [0.05, 0.1) is 6.54 Å². The first-order valence-electron chi connectivity index (χ1n) is 8.60. The second-order valence-electron chi connectivity index (χ2n) is 6.78. The van der Waals surface area contributed by atoms with Crippen LogP contribution in [-0.4, -0.2) is 37.6 Å². The first-order valence-corrected chi connectivity index (χ1v) is 8.60. The van der Waals surface area contributed by atoms with E-state index >= 15 is 0 Å². The van der Waals surface area contributed by atoms with E-state index in [1.165, 1.54) is 16.7 Å². The molecular weight excluding hydrogens is 312 g/mol. The Kier molecular flexibility index (Phi) is 6.59. The second-order valence-corrected chi connectivity index (χ2v) is 6.78. The first-order chi connectivity index (χ1) is 11.8. The molecule has 2 aromatic carbocycles. The van der Waals surface area contributed by atoms with E-state index < -0.39 is 0 Å². The third-order valence-electron chi connectivity index (χ3n) is 4.01. The van der Waals surface area contributed by atoms with E-state index in [9.17, 15) is 4.79 Å². The van der Waals surface area contributed by atoms with Crippen LogP contribution >= 0.6 is 0 Å². The Bertz CT molecular complexity index is 720. The number of aryl methyl sites for hydroxylation is 4. The fourth-order valence-corrected chi connectivity index (χ4v) is 2.80. The Morgan fingerprint density at radius 1 is 1.00 bits per heavy atom. The molecule has 2 aromatic rings. The molecular formula is C21H28N2O2. The third-order valence-corrected chi connectivity index (χ3v) is 4.01. The van der Waals surface area contributed by atoms with Gasteiger partial charge in [0, 0.05) is 12.2 Å². The summed E-state index contributed by atoms with van der Waals surface area (Å²) in [5.74, 6) is 0.867. The smallest absolute Gasteiger partial charge is 0.238 e. The highest BCUT2D eigenvalue weighted by molar-refractivity contribution is 5.92. The van der Waals surface area contributed by atoms with Gasteiger partial charge >= 0.3 is 0 Å². The van der Waals surface area contributed by atoms with Crippen molar-refractivity contribution < 1.29 is 9.53 Å². The van der Waals surface area contributed by atoms with Crippen LogP contribution in [0.3, 0.4) is 0 Å². The molecule has 0 aromatic heterocycles. The monoisotopic (exact) mass is 340 g/mol. The van der Waals surface area contributed by atoms with Crippen molar-refractivity contribution in [3.05, 3.63) is 58.7 Å². The number of hydrogen-bond acceptors (Lipinski definition) is 3. The molecule has 0 fully saturated rings. The Morgan fingerprint density at radius 2 is 1.68 bits per heavy atom. The third kappa shape index (κ3) is 6.24. The molecule has 0 saturated heterocycles. The van der Waals surface area contributed by atoms with E-state index in [1.54, 1.807) is 0 Å². The maximum absolute atomic E-state index is 12.2. The molecule has 1 amide bonds. The minimum atomic E-state index is -0.0131. The van der Waals surface area contributed by atoms with Gasteiger partial charge in [-0.2, -0.15) is 0 Å². The standard InChI is InChI=1S/C21H28N2O2/c1-15-6-7-20(18(4)11-15)22-21(24)14-23(5)8-9-25-19-12-16(2)10-17(3)13-19/h6-7,10-13H,8-9,14H2,1-5H3,(H,22,24). The molecule has 0 radical (unpaired) electrons. The highest BCUT2D eigenvalue weighted by atomic mass is 16.5. The van der Waals surface area contributed by atoms with Crippen LogP contribution in [0.4, 0.5) is 5.69 Å². The van der Waals surface area contributed by atoms with Gasteiger partial charge in [-0.3, -0.25) is 9.69 Å². The molecule has 0 heterocycles. The molecule has 134 valence electrons. The summed E-state index contributed by atoms with van der Waals surface area (Å²) in [6.45, 7) is 9.74. The number of likely N-dealkylation sites (N-methyl/N-ethyl adjacent to an activating group) is 1. The average molecular weight is 340 g/mol. The minimum Gasteiger partial charge on any atom is -0.492 e. The molecule has 0 unspecified atom stereocenters. The summed E-state index contributed by atoms with van der Waals surface area (Å²) in [7, 11) is 1.92. The van der Waals surface area contributed by atoms with Gasteiger partial charge < -0.3 is 10.1 Å². The highest BCUT2D eigenvalue weighted by Crippen LogP contribution is 2.17. The van der Waals surface area contributed by atoms with E-state index in [2.05, 4.69) is 31.3 Å². The summed E-state index contributed by atoms with van der Waals surface area (Å²) in [5, 5.41) is 2.97. The summed E-state index contributed by atoms with van der Waals surface area (Å²) >= 11 is 0. The number of anilines is 1. The predicted octanol–water partition coefficient (Wildman–Crippen LogP) is 3.87. The zero-order valence-corrected chi connectivity index (χ0v) is 15.8. The van der Waals surface area contributed by atoms with Gasteiger partial charge in [-0.05, 0) is 69.6 Å². The lowest BCUT2D eigenvalue weighted by molar-refractivity contribution is -0.117. The first kappa shape index (κ1) is 19.0. The molecule has 0 aliphatic heterocycles. The van der Waals surface area contributed by atoms with Crippen LogP contribution in [0.5, 0.6) is 5.75 Å². The topological polar surface area (TPSA) is 41.6 Å². The zero-order valence-electron chi connectivity index (χ0n) is 15.8. The average Bonchev–Trinajstić information content (AvgIpc) is 2.49. The van der Waals surface area contributed by atoms with Gasteiger partial charge in [0.15, 0.2) is 0 Å². The van der Waals surface area contributed by atoms with Gasteiger partial charge in [0.2, 0.25) is 5.91 Å². The van der Waals surface area contributed by atoms with Crippen molar-refractivity contribution >= 4 is 11.6 Å². The van der Waals surface area contributed by atoms with Gasteiger partial charge in [-0.1, -0.05) is 23.8 Å². The van der Waals surface area contributed by atoms with Crippen molar-refractivity contribution in [2.75, 3.05) is 32.1 Å². The molecule has 0 spiro atoms. The Morgan fingerprint density at radius 3 is 2.32 bits per heavy atom. The van der Waals surface area contributed by atoms with Crippen LogP contribution in [0.2, 0.25) is 0 Å². The molecule has 25 heavy (non-hydrogen) atoms. The van der Waals surface area contributed by atoms with Crippen molar-refractivity contribution in [3.63, 3.8) is 0 Å². The van der Waals surface area contributed by atoms with Crippen LogP contribution < -0.4 is 10.1 Å². The Hall–Kier alpha value is -2.33. The Labute approximate surface area is 150 Å². The molecule has 2 rings (SSSR count). The number of benzene rings is 2. The van der Waals surface area contributed by atoms with Crippen molar-refractivity contribution in [2.45, 2.75) is 27.7 Å². The predicted molar refractivity (Wildman–Crippen MR) is 103 cm³/mol. The van der Waals surface area contributed by atoms with Gasteiger partial charge in [-0.15, -0.1) is 0 Å². The number of rotatable bonds is 7. The number of nitrogens with one attached hydrogen (secondary N) is 1. The van der Waals surface area contributed by atoms with Gasteiger partial charge in [0.1, 0.15) is 12.4 Å². The fraction of sp³-hybridized carbons (Fsp3) is 0.381. The van der Waals surface area contributed by atoms with E-state index in [1.807, 2.05) is 50.1 Å².